The average molecular weight is 214 g/mol. The molecule has 0 bridgehead atoms. The zero-order valence-corrected chi connectivity index (χ0v) is 9.42. The number of furan rings is 1. The van der Waals surface area contributed by atoms with Crippen molar-refractivity contribution in [2.75, 3.05) is 19.5 Å². The smallest absolute Gasteiger partial charge is 0.105 e. The van der Waals surface area contributed by atoms with E-state index in [-0.39, 0.29) is 0 Å². The van der Waals surface area contributed by atoms with Crippen molar-refractivity contribution < 1.29 is 4.42 Å². The second-order valence-electron chi connectivity index (χ2n) is 3.32. The Labute approximate surface area is 90.2 Å². The number of halogens is 1. The molecule has 1 aromatic rings. The molecule has 0 saturated heterocycles. The Kier molecular flexibility index (Phi) is 4.77. The van der Waals surface area contributed by atoms with Crippen LogP contribution in [0.25, 0.3) is 0 Å². The molecular formula is C11H16ClNO. The molecule has 0 fully saturated rings. The summed E-state index contributed by atoms with van der Waals surface area (Å²) in [6.07, 6.45) is 5.76. The molecule has 78 valence electrons. The predicted octanol–water partition coefficient (Wildman–Crippen LogP) is 2.81. The molecule has 0 aromatic carbocycles. The van der Waals surface area contributed by atoms with Gasteiger partial charge in [0.2, 0.25) is 0 Å². The average Bonchev–Trinajstić information content (AvgIpc) is 2.52. The van der Waals surface area contributed by atoms with Crippen molar-refractivity contribution in [2.45, 2.75) is 13.5 Å². The quantitative estimate of drug-likeness (QED) is 0.553. The Morgan fingerprint density at radius 1 is 1.50 bits per heavy atom. The van der Waals surface area contributed by atoms with Crippen molar-refractivity contribution in [1.29, 1.82) is 0 Å². The van der Waals surface area contributed by atoms with E-state index in [1.165, 1.54) is 5.56 Å². The zero-order valence-electron chi connectivity index (χ0n) is 8.66. The van der Waals surface area contributed by atoms with E-state index in [1.807, 2.05) is 19.1 Å². The van der Waals surface area contributed by atoms with Crippen molar-refractivity contribution in [2.24, 2.45) is 0 Å². The van der Waals surface area contributed by atoms with Gasteiger partial charge in [0.05, 0.1) is 6.26 Å². The van der Waals surface area contributed by atoms with Crippen molar-refractivity contribution in [1.82, 2.24) is 4.90 Å². The lowest BCUT2D eigenvalue weighted by atomic mass is 10.2. The third-order valence-corrected chi connectivity index (χ3v) is 2.26. The Balaban J connectivity index is 2.37. The number of hydrogen-bond acceptors (Lipinski definition) is 2. The summed E-state index contributed by atoms with van der Waals surface area (Å²) in [5.41, 5.74) is 1.24. The van der Waals surface area contributed by atoms with Crippen LogP contribution in [0.2, 0.25) is 0 Å². The third-order valence-electron chi connectivity index (χ3n) is 2.08. The van der Waals surface area contributed by atoms with Crippen LogP contribution in [0, 0.1) is 6.92 Å². The summed E-state index contributed by atoms with van der Waals surface area (Å²) in [6.45, 7) is 3.81. The molecule has 1 aromatic heterocycles. The van der Waals surface area contributed by atoms with Gasteiger partial charge in [-0.15, -0.1) is 11.6 Å². The second-order valence-corrected chi connectivity index (χ2v) is 3.63. The summed E-state index contributed by atoms with van der Waals surface area (Å²) < 4.78 is 5.23. The summed E-state index contributed by atoms with van der Waals surface area (Å²) >= 11 is 5.53. The number of aryl methyl sites for hydroxylation is 1. The first kappa shape index (κ1) is 11.3. The SMILES string of the molecule is Cc1occc1CN(C)CC=CCCl. The highest BCUT2D eigenvalue weighted by atomic mass is 35.5. The number of hydrogen-bond donors (Lipinski definition) is 0. The number of likely N-dealkylation sites (N-methyl/N-ethyl adjacent to an activating group) is 1. The first-order valence-electron chi connectivity index (χ1n) is 4.66. The van der Waals surface area contributed by atoms with Crippen molar-refractivity contribution >= 4 is 11.6 Å². The lowest BCUT2D eigenvalue weighted by Crippen LogP contribution is -2.17. The van der Waals surface area contributed by atoms with Crippen LogP contribution < -0.4 is 0 Å². The molecular weight excluding hydrogens is 198 g/mol. The summed E-state index contributed by atoms with van der Waals surface area (Å²) in [5, 5.41) is 0. The molecule has 1 rings (SSSR count). The van der Waals surface area contributed by atoms with Gasteiger partial charge >= 0.3 is 0 Å². The maximum absolute atomic E-state index is 5.53. The minimum atomic E-state index is 0.582. The normalized spacial score (nSPS) is 11.7. The summed E-state index contributed by atoms with van der Waals surface area (Å²) in [5.74, 6) is 1.58. The number of nitrogens with zero attached hydrogens (tertiary/aromatic N) is 1. The van der Waals surface area contributed by atoms with Gasteiger partial charge in [-0.3, -0.25) is 4.90 Å². The summed E-state index contributed by atoms with van der Waals surface area (Å²) in [4.78, 5) is 2.21. The molecule has 0 aliphatic rings. The predicted molar refractivity (Wildman–Crippen MR) is 59.6 cm³/mol. The topological polar surface area (TPSA) is 16.4 Å². The van der Waals surface area contributed by atoms with E-state index in [4.69, 9.17) is 16.0 Å². The molecule has 0 amide bonds. The van der Waals surface area contributed by atoms with E-state index in [2.05, 4.69) is 18.0 Å². The summed E-state index contributed by atoms with van der Waals surface area (Å²) in [7, 11) is 2.07. The highest BCUT2D eigenvalue weighted by molar-refractivity contribution is 6.18. The summed E-state index contributed by atoms with van der Waals surface area (Å²) in [6, 6.07) is 2.01. The lowest BCUT2D eigenvalue weighted by Gasteiger charge is -2.13. The van der Waals surface area contributed by atoms with Gasteiger partial charge in [-0.25, -0.2) is 0 Å². The van der Waals surface area contributed by atoms with Crippen LogP contribution in [0.3, 0.4) is 0 Å². The molecule has 1 heterocycles. The molecule has 0 saturated carbocycles. The first-order valence-corrected chi connectivity index (χ1v) is 5.20. The van der Waals surface area contributed by atoms with E-state index < -0.39 is 0 Å². The molecule has 0 atom stereocenters. The van der Waals surface area contributed by atoms with Crippen LogP contribution >= 0.6 is 11.6 Å². The van der Waals surface area contributed by atoms with Crippen molar-refractivity contribution in [3.05, 3.63) is 35.8 Å². The van der Waals surface area contributed by atoms with Gasteiger partial charge in [0.15, 0.2) is 0 Å². The van der Waals surface area contributed by atoms with E-state index in [9.17, 15) is 0 Å². The zero-order chi connectivity index (χ0) is 10.4. The number of alkyl halides is 1. The molecule has 14 heavy (non-hydrogen) atoms. The van der Waals surface area contributed by atoms with Crippen LogP contribution in [0.15, 0.2) is 28.9 Å². The third kappa shape index (κ3) is 3.56. The highest BCUT2D eigenvalue weighted by Gasteiger charge is 2.03. The maximum atomic E-state index is 5.53. The highest BCUT2D eigenvalue weighted by Crippen LogP contribution is 2.10. The van der Waals surface area contributed by atoms with Gasteiger partial charge in [0.25, 0.3) is 0 Å². The van der Waals surface area contributed by atoms with E-state index >= 15 is 0 Å². The minimum absolute atomic E-state index is 0.582. The Hall–Kier alpha value is -0.730. The van der Waals surface area contributed by atoms with Gasteiger partial charge in [0.1, 0.15) is 5.76 Å². The molecule has 3 heteroatoms. The maximum Gasteiger partial charge on any atom is 0.105 e. The fourth-order valence-corrected chi connectivity index (χ4v) is 1.37. The van der Waals surface area contributed by atoms with Crippen LogP contribution in [0.1, 0.15) is 11.3 Å². The molecule has 0 radical (unpaired) electrons. The fraction of sp³-hybridized carbons (Fsp3) is 0.455. The minimum Gasteiger partial charge on any atom is -0.469 e. The van der Waals surface area contributed by atoms with E-state index in [0.29, 0.717) is 5.88 Å². The van der Waals surface area contributed by atoms with Crippen LogP contribution in [0.5, 0.6) is 0 Å². The van der Waals surface area contributed by atoms with E-state index in [0.717, 1.165) is 18.8 Å². The van der Waals surface area contributed by atoms with Gasteiger partial charge in [-0.2, -0.15) is 0 Å². The Morgan fingerprint density at radius 2 is 2.29 bits per heavy atom. The molecule has 0 aliphatic heterocycles. The standard InChI is InChI=1S/C11H16ClNO/c1-10-11(5-8-14-10)9-13(2)7-4-3-6-12/h3-5,8H,6-7,9H2,1-2H3. The number of allylic oxidation sites excluding steroid dienone is 1. The number of rotatable bonds is 5. The van der Waals surface area contributed by atoms with Crippen LogP contribution in [-0.2, 0) is 6.54 Å². The molecule has 0 aliphatic carbocycles. The van der Waals surface area contributed by atoms with E-state index in [1.54, 1.807) is 6.26 Å². The Bertz CT molecular complexity index is 293. The van der Waals surface area contributed by atoms with Gasteiger partial charge in [0, 0.05) is 24.5 Å². The Morgan fingerprint density at radius 3 is 2.86 bits per heavy atom. The van der Waals surface area contributed by atoms with Gasteiger partial charge < -0.3 is 4.42 Å². The molecule has 2 nitrogen and oxygen atoms in total. The second kappa shape index (κ2) is 5.89. The molecule has 0 spiro atoms. The van der Waals surface area contributed by atoms with Crippen molar-refractivity contribution in [3.63, 3.8) is 0 Å². The fourth-order valence-electron chi connectivity index (χ4n) is 1.25. The first-order chi connectivity index (χ1) is 6.74. The largest absolute Gasteiger partial charge is 0.469 e. The van der Waals surface area contributed by atoms with Crippen molar-refractivity contribution in [3.8, 4) is 0 Å². The van der Waals surface area contributed by atoms with Crippen LogP contribution in [0.4, 0.5) is 0 Å². The lowest BCUT2D eigenvalue weighted by molar-refractivity contribution is 0.359. The molecule has 0 unspecified atom stereocenters. The molecule has 0 N–H and O–H groups in total. The van der Waals surface area contributed by atoms with Gasteiger partial charge in [-0.05, 0) is 20.0 Å². The van der Waals surface area contributed by atoms with Gasteiger partial charge in [-0.1, -0.05) is 12.2 Å². The monoisotopic (exact) mass is 213 g/mol. The van der Waals surface area contributed by atoms with Crippen LogP contribution in [-0.4, -0.2) is 24.4 Å².